The number of hydrogen-bond donors (Lipinski definition) is 1. The van der Waals surface area contributed by atoms with Gasteiger partial charge in [0.1, 0.15) is 13.2 Å². The third-order valence-electron chi connectivity index (χ3n) is 4.94. The van der Waals surface area contributed by atoms with Crippen molar-refractivity contribution in [3.8, 4) is 23.0 Å². The standard InChI is InChI=1S/C25H23BrN2O5/c1-16-7-9-17(10-8-16)14-32-24-19(26)11-18(12-22(24)30-2)13-27-28-25(29)23-15-31-20-5-3-4-6-21(20)33-23/h3-13,23H,14-15H2,1-2H3,(H,28,29)/b27-13-/t23-/m1/s1. The lowest BCUT2D eigenvalue weighted by atomic mass is 10.2. The number of para-hydroxylation sites is 2. The van der Waals surface area contributed by atoms with Gasteiger partial charge in [-0.3, -0.25) is 4.79 Å². The molecule has 1 atom stereocenters. The summed E-state index contributed by atoms with van der Waals surface area (Å²) in [6.07, 6.45) is 0.739. The second-order valence-electron chi connectivity index (χ2n) is 7.41. The maximum atomic E-state index is 12.4. The van der Waals surface area contributed by atoms with Crippen molar-refractivity contribution in [2.75, 3.05) is 13.7 Å². The van der Waals surface area contributed by atoms with E-state index in [0.717, 1.165) is 5.56 Å². The van der Waals surface area contributed by atoms with E-state index < -0.39 is 12.0 Å². The number of benzene rings is 3. The van der Waals surface area contributed by atoms with Crippen LogP contribution >= 0.6 is 15.9 Å². The highest BCUT2D eigenvalue weighted by molar-refractivity contribution is 9.10. The number of amides is 1. The molecule has 33 heavy (non-hydrogen) atoms. The maximum Gasteiger partial charge on any atom is 0.284 e. The molecule has 4 rings (SSSR count). The zero-order chi connectivity index (χ0) is 23.2. The predicted octanol–water partition coefficient (Wildman–Crippen LogP) is 4.64. The number of aryl methyl sites for hydroxylation is 1. The summed E-state index contributed by atoms with van der Waals surface area (Å²) in [5.41, 5.74) is 5.46. The first-order valence-electron chi connectivity index (χ1n) is 10.3. The van der Waals surface area contributed by atoms with Crippen LogP contribution in [0.4, 0.5) is 0 Å². The van der Waals surface area contributed by atoms with Crippen molar-refractivity contribution in [3.63, 3.8) is 0 Å². The van der Waals surface area contributed by atoms with Gasteiger partial charge in [-0.2, -0.15) is 5.10 Å². The molecule has 0 radical (unpaired) electrons. The monoisotopic (exact) mass is 510 g/mol. The lowest BCUT2D eigenvalue weighted by molar-refractivity contribution is -0.130. The number of nitrogens with one attached hydrogen (secondary N) is 1. The molecule has 3 aromatic carbocycles. The molecule has 0 bridgehead atoms. The largest absolute Gasteiger partial charge is 0.493 e. The van der Waals surface area contributed by atoms with Crippen LogP contribution in [0.1, 0.15) is 16.7 Å². The minimum Gasteiger partial charge on any atom is -0.493 e. The smallest absolute Gasteiger partial charge is 0.284 e. The van der Waals surface area contributed by atoms with Gasteiger partial charge in [-0.05, 0) is 58.2 Å². The van der Waals surface area contributed by atoms with Crippen molar-refractivity contribution in [3.05, 3.63) is 81.8 Å². The fraction of sp³-hybridized carbons (Fsp3) is 0.200. The third-order valence-corrected chi connectivity index (χ3v) is 5.53. The van der Waals surface area contributed by atoms with Crippen LogP contribution in [0.2, 0.25) is 0 Å². The van der Waals surface area contributed by atoms with Crippen molar-refractivity contribution in [2.24, 2.45) is 5.10 Å². The van der Waals surface area contributed by atoms with Gasteiger partial charge < -0.3 is 18.9 Å². The highest BCUT2D eigenvalue weighted by atomic mass is 79.9. The van der Waals surface area contributed by atoms with Crippen molar-refractivity contribution in [2.45, 2.75) is 19.6 Å². The zero-order valence-electron chi connectivity index (χ0n) is 18.2. The van der Waals surface area contributed by atoms with E-state index in [9.17, 15) is 4.79 Å². The molecule has 1 N–H and O–H groups in total. The average Bonchev–Trinajstić information content (AvgIpc) is 2.83. The van der Waals surface area contributed by atoms with Gasteiger partial charge in [-0.15, -0.1) is 0 Å². The van der Waals surface area contributed by atoms with E-state index in [1.807, 2.05) is 49.4 Å². The molecule has 3 aromatic rings. The van der Waals surface area contributed by atoms with Crippen LogP contribution < -0.4 is 24.4 Å². The molecule has 1 heterocycles. The number of hydrazone groups is 1. The number of fused-ring (bicyclic) bond motifs is 1. The van der Waals surface area contributed by atoms with Crippen LogP contribution in [0.5, 0.6) is 23.0 Å². The van der Waals surface area contributed by atoms with E-state index in [4.69, 9.17) is 18.9 Å². The molecule has 0 unspecified atom stereocenters. The molecule has 1 aliphatic heterocycles. The lowest BCUT2D eigenvalue weighted by Gasteiger charge is -2.24. The van der Waals surface area contributed by atoms with E-state index >= 15 is 0 Å². The molecule has 0 saturated carbocycles. The summed E-state index contributed by atoms with van der Waals surface area (Å²) in [6, 6.07) is 19.0. The Labute approximate surface area is 200 Å². The molecular weight excluding hydrogens is 488 g/mol. The SMILES string of the molecule is COc1cc(/C=N\NC(=O)[C@H]2COc3ccccc3O2)cc(Br)c1OCc1ccc(C)cc1. The van der Waals surface area contributed by atoms with Crippen LogP contribution in [0.15, 0.2) is 70.2 Å². The van der Waals surface area contributed by atoms with Crippen molar-refractivity contribution < 1.29 is 23.7 Å². The summed E-state index contributed by atoms with van der Waals surface area (Å²) < 4.78 is 23.4. The molecule has 8 heteroatoms. The highest BCUT2D eigenvalue weighted by Gasteiger charge is 2.27. The Morgan fingerprint density at radius 3 is 2.70 bits per heavy atom. The summed E-state index contributed by atoms with van der Waals surface area (Å²) in [4.78, 5) is 12.4. The summed E-state index contributed by atoms with van der Waals surface area (Å²) in [6.45, 7) is 2.57. The predicted molar refractivity (Wildman–Crippen MR) is 128 cm³/mol. The fourth-order valence-electron chi connectivity index (χ4n) is 3.19. The van der Waals surface area contributed by atoms with Crippen LogP contribution in [-0.2, 0) is 11.4 Å². The molecule has 0 spiro atoms. The minimum atomic E-state index is -0.782. The number of halogens is 1. The highest BCUT2D eigenvalue weighted by Crippen LogP contribution is 2.37. The van der Waals surface area contributed by atoms with Gasteiger partial charge in [0.2, 0.25) is 6.10 Å². The molecule has 0 fully saturated rings. The molecule has 0 aromatic heterocycles. The summed E-state index contributed by atoms with van der Waals surface area (Å²) in [7, 11) is 1.57. The summed E-state index contributed by atoms with van der Waals surface area (Å²) >= 11 is 3.53. The Morgan fingerprint density at radius 2 is 1.94 bits per heavy atom. The van der Waals surface area contributed by atoms with Gasteiger partial charge >= 0.3 is 0 Å². The van der Waals surface area contributed by atoms with E-state index in [-0.39, 0.29) is 6.61 Å². The van der Waals surface area contributed by atoms with Crippen LogP contribution in [0.25, 0.3) is 0 Å². The molecule has 1 aliphatic rings. The Morgan fingerprint density at radius 1 is 1.18 bits per heavy atom. The Bertz CT molecular complexity index is 1160. The Kier molecular flexibility index (Phi) is 7.14. The van der Waals surface area contributed by atoms with Crippen molar-refractivity contribution in [1.29, 1.82) is 0 Å². The van der Waals surface area contributed by atoms with Crippen LogP contribution in [0.3, 0.4) is 0 Å². The van der Waals surface area contributed by atoms with Gasteiger partial charge in [0.05, 0.1) is 17.8 Å². The number of nitrogens with zero attached hydrogens (tertiary/aromatic N) is 1. The van der Waals surface area contributed by atoms with Gasteiger partial charge in [-0.25, -0.2) is 5.43 Å². The normalized spacial score (nSPS) is 14.7. The lowest BCUT2D eigenvalue weighted by Crippen LogP contribution is -2.42. The molecule has 0 saturated heterocycles. The van der Waals surface area contributed by atoms with Gasteiger partial charge in [-0.1, -0.05) is 42.0 Å². The van der Waals surface area contributed by atoms with Crippen molar-refractivity contribution in [1.82, 2.24) is 5.43 Å². The molecule has 170 valence electrons. The summed E-state index contributed by atoms with van der Waals surface area (Å²) in [5.74, 6) is 1.88. The minimum absolute atomic E-state index is 0.116. The van der Waals surface area contributed by atoms with E-state index in [1.54, 1.807) is 25.3 Å². The number of hydrogen-bond acceptors (Lipinski definition) is 6. The second-order valence-corrected chi connectivity index (χ2v) is 8.26. The van der Waals surface area contributed by atoms with Crippen molar-refractivity contribution >= 4 is 28.1 Å². The Balaban J connectivity index is 1.38. The molecule has 0 aliphatic carbocycles. The fourth-order valence-corrected chi connectivity index (χ4v) is 3.76. The zero-order valence-corrected chi connectivity index (χ0v) is 19.8. The Hall–Kier alpha value is -3.52. The average molecular weight is 511 g/mol. The van der Waals surface area contributed by atoms with E-state index in [2.05, 4.69) is 26.5 Å². The number of rotatable bonds is 7. The number of ether oxygens (including phenoxy) is 4. The molecular formula is C25H23BrN2O5. The first-order chi connectivity index (χ1) is 16.0. The topological polar surface area (TPSA) is 78.4 Å². The first-order valence-corrected chi connectivity index (χ1v) is 11.1. The van der Waals surface area contributed by atoms with E-state index in [0.29, 0.717) is 39.6 Å². The maximum absolute atomic E-state index is 12.4. The van der Waals surface area contributed by atoms with Crippen LogP contribution in [0, 0.1) is 6.92 Å². The van der Waals surface area contributed by atoms with Gasteiger partial charge in [0.25, 0.3) is 5.91 Å². The molecule has 7 nitrogen and oxygen atoms in total. The number of carbonyl (C=O) groups is 1. The van der Waals surface area contributed by atoms with Crippen LogP contribution in [-0.4, -0.2) is 31.9 Å². The number of methoxy groups -OCH3 is 1. The van der Waals surface area contributed by atoms with Gasteiger partial charge in [0, 0.05) is 0 Å². The summed E-state index contributed by atoms with van der Waals surface area (Å²) in [5, 5.41) is 4.04. The number of carbonyl (C=O) groups excluding carboxylic acids is 1. The third kappa shape index (κ3) is 5.64. The van der Waals surface area contributed by atoms with E-state index in [1.165, 1.54) is 11.8 Å². The molecule has 1 amide bonds. The first kappa shape index (κ1) is 22.7. The quantitative estimate of drug-likeness (QED) is 0.370. The second kappa shape index (κ2) is 10.4. The van der Waals surface area contributed by atoms with Gasteiger partial charge in [0.15, 0.2) is 23.0 Å².